The maximum Gasteiger partial charge on any atom is 0.230 e. The van der Waals surface area contributed by atoms with Gasteiger partial charge in [0.05, 0.1) is 17.1 Å². The number of piperazine rings is 1. The zero-order valence-corrected chi connectivity index (χ0v) is 17.6. The second-order valence-electron chi connectivity index (χ2n) is 7.48. The molecule has 0 saturated carbocycles. The van der Waals surface area contributed by atoms with E-state index in [1.54, 1.807) is 11.3 Å². The molecule has 0 aliphatic carbocycles. The second-order valence-corrected chi connectivity index (χ2v) is 8.37. The van der Waals surface area contributed by atoms with Crippen LogP contribution in [-0.4, -0.2) is 48.5 Å². The molecule has 1 aromatic carbocycles. The molecule has 6 heteroatoms. The largest absolute Gasteiger partial charge is 0.369 e. The first-order chi connectivity index (χ1) is 13.0. The summed E-state index contributed by atoms with van der Waals surface area (Å²) in [6, 6.07) is 6.21. The van der Waals surface area contributed by atoms with Gasteiger partial charge in [0.25, 0.3) is 0 Å². The minimum absolute atomic E-state index is 0.0145. The Bertz CT molecular complexity index is 778. The summed E-state index contributed by atoms with van der Waals surface area (Å²) in [7, 11) is 0. The van der Waals surface area contributed by atoms with Gasteiger partial charge in [-0.2, -0.15) is 0 Å². The molecule has 146 valence electrons. The van der Waals surface area contributed by atoms with Crippen molar-refractivity contribution in [2.75, 3.05) is 42.9 Å². The van der Waals surface area contributed by atoms with E-state index in [9.17, 15) is 4.79 Å². The number of amides is 1. The quantitative estimate of drug-likeness (QED) is 0.818. The van der Waals surface area contributed by atoms with Crippen molar-refractivity contribution in [2.45, 2.75) is 40.0 Å². The van der Waals surface area contributed by atoms with Crippen molar-refractivity contribution < 1.29 is 4.79 Å². The van der Waals surface area contributed by atoms with Crippen molar-refractivity contribution in [3.05, 3.63) is 39.8 Å². The van der Waals surface area contributed by atoms with E-state index in [0.29, 0.717) is 12.3 Å². The van der Waals surface area contributed by atoms with Crippen molar-refractivity contribution >= 4 is 28.6 Å². The van der Waals surface area contributed by atoms with Crippen LogP contribution in [0.25, 0.3) is 0 Å². The molecule has 0 spiro atoms. The second kappa shape index (κ2) is 8.85. The van der Waals surface area contributed by atoms with Crippen molar-refractivity contribution in [1.82, 2.24) is 9.88 Å². The minimum Gasteiger partial charge on any atom is -0.369 e. The fourth-order valence-electron chi connectivity index (χ4n) is 3.43. The number of thiazole rings is 1. The van der Waals surface area contributed by atoms with Crippen LogP contribution in [0.1, 0.15) is 43.0 Å². The molecule has 0 radical (unpaired) electrons. The lowest BCUT2D eigenvalue weighted by molar-refractivity contribution is -0.115. The van der Waals surface area contributed by atoms with E-state index in [-0.39, 0.29) is 5.91 Å². The lowest BCUT2D eigenvalue weighted by Crippen LogP contribution is -2.46. The summed E-state index contributed by atoms with van der Waals surface area (Å²) >= 11 is 1.63. The number of nitrogens with zero attached hydrogens (tertiary/aromatic N) is 3. The lowest BCUT2D eigenvalue weighted by Gasteiger charge is -2.36. The Hall–Kier alpha value is -1.92. The summed E-state index contributed by atoms with van der Waals surface area (Å²) in [5.74, 6) is 0.389. The van der Waals surface area contributed by atoms with Gasteiger partial charge in [-0.15, -0.1) is 11.3 Å². The van der Waals surface area contributed by atoms with Gasteiger partial charge in [0.1, 0.15) is 0 Å². The monoisotopic (exact) mass is 386 g/mol. The molecular weight excluding hydrogens is 356 g/mol. The summed E-state index contributed by atoms with van der Waals surface area (Å²) < 4.78 is 0. The Balaban J connectivity index is 1.59. The first-order valence-electron chi connectivity index (χ1n) is 9.78. The highest BCUT2D eigenvalue weighted by molar-refractivity contribution is 7.09. The van der Waals surface area contributed by atoms with Gasteiger partial charge in [-0.3, -0.25) is 4.79 Å². The number of benzene rings is 1. The first kappa shape index (κ1) is 19.8. The summed E-state index contributed by atoms with van der Waals surface area (Å²) in [6.45, 7) is 14.0. The number of hydrogen-bond acceptors (Lipinski definition) is 5. The average molecular weight is 387 g/mol. The summed E-state index contributed by atoms with van der Waals surface area (Å²) in [5.41, 5.74) is 4.18. The molecule has 0 bridgehead atoms. The molecule has 1 aromatic heterocycles. The number of rotatable bonds is 6. The molecule has 27 heavy (non-hydrogen) atoms. The van der Waals surface area contributed by atoms with E-state index in [1.807, 2.05) is 11.4 Å². The number of aryl methyl sites for hydroxylation is 1. The Morgan fingerprint density at radius 2 is 2.00 bits per heavy atom. The highest BCUT2D eigenvalue weighted by Gasteiger charge is 2.17. The molecule has 1 saturated heterocycles. The average Bonchev–Trinajstić information content (AvgIpc) is 3.10. The molecule has 1 fully saturated rings. The molecule has 1 aliphatic rings. The number of aromatic nitrogens is 1. The number of anilines is 2. The summed E-state index contributed by atoms with van der Waals surface area (Å²) in [5, 5.41) is 6.08. The SMILES string of the molecule is CCN1CCN(c2ccc(NC(=O)Cc3csc(C(C)C)n3)cc2C)CC1. The first-order valence-corrected chi connectivity index (χ1v) is 10.7. The predicted molar refractivity (Wildman–Crippen MR) is 114 cm³/mol. The van der Waals surface area contributed by atoms with Gasteiger partial charge >= 0.3 is 0 Å². The minimum atomic E-state index is -0.0145. The molecule has 0 atom stereocenters. The molecule has 0 unspecified atom stereocenters. The van der Waals surface area contributed by atoms with Crippen LogP contribution in [0, 0.1) is 6.92 Å². The molecule has 3 rings (SSSR count). The van der Waals surface area contributed by atoms with Crippen molar-refractivity contribution in [2.24, 2.45) is 0 Å². The Labute approximate surface area is 166 Å². The van der Waals surface area contributed by atoms with Crippen LogP contribution in [0.15, 0.2) is 23.6 Å². The number of carbonyl (C=O) groups excluding carboxylic acids is 1. The highest BCUT2D eigenvalue weighted by atomic mass is 32.1. The Kier molecular flexibility index (Phi) is 6.50. The lowest BCUT2D eigenvalue weighted by atomic mass is 10.1. The standard InChI is InChI=1S/C21H30N4OS/c1-5-24-8-10-25(11-9-24)19-7-6-17(12-16(19)4)22-20(26)13-18-14-27-21(23-18)15(2)3/h6-7,12,14-15H,5,8-11,13H2,1-4H3,(H,22,26). The van der Waals surface area contributed by atoms with Gasteiger partial charge in [0.2, 0.25) is 5.91 Å². The third-order valence-corrected chi connectivity index (χ3v) is 6.24. The van der Waals surface area contributed by atoms with E-state index in [0.717, 1.165) is 49.1 Å². The van der Waals surface area contributed by atoms with E-state index in [1.165, 1.54) is 11.3 Å². The Morgan fingerprint density at radius 3 is 2.59 bits per heavy atom. The zero-order chi connectivity index (χ0) is 19.4. The molecular formula is C21H30N4OS. The smallest absolute Gasteiger partial charge is 0.230 e. The van der Waals surface area contributed by atoms with Crippen LogP contribution in [0.2, 0.25) is 0 Å². The fourth-order valence-corrected chi connectivity index (χ4v) is 4.27. The third-order valence-electron chi connectivity index (χ3n) is 5.05. The van der Waals surface area contributed by atoms with Crippen LogP contribution >= 0.6 is 11.3 Å². The number of nitrogens with one attached hydrogen (secondary N) is 1. The highest BCUT2D eigenvalue weighted by Crippen LogP contribution is 2.25. The van der Waals surface area contributed by atoms with E-state index >= 15 is 0 Å². The van der Waals surface area contributed by atoms with Gasteiger partial charge in [0, 0.05) is 48.9 Å². The van der Waals surface area contributed by atoms with Crippen LogP contribution in [-0.2, 0) is 11.2 Å². The number of carbonyl (C=O) groups is 1. The van der Waals surface area contributed by atoms with Gasteiger partial charge in [-0.1, -0.05) is 20.8 Å². The van der Waals surface area contributed by atoms with Gasteiger partial charge < -0.3 is 15.1 Å². The van der Waals surface area contributed by atoms with E-state index < -0.39 is 0 Å². The molecule has 1 amide bonds. The predicted octanol–water partition coefficient (Wildman–Crippen LogP) is 3.90. The molecule has 2 heterocycles. The van der Waals surface area contributed by atoms with Crippen LogP contribution in [0.3, 0.4) is 0 Å². The van der Waals surface area contributed by atoms with Crippen molar-refractivity contribution in [3.8, 4) is 0 Å². The molecule has 1 aliphatic heterocycles. The Morgan fingerprint density at radius 1 is 1.26 bits per heavy atom. The van der Waals surface area contributed by atoms with Gasteiger partial charge in [-0.05, 0) is 37.2 Å². The third kappa shape index (κ3) is 5.08. The molecule has 5 nitrogen and oxygen atoms in total. The number of likely N-dealkylation sites (N-methyl/N-ethyl adjacent to an activating group) is 1. The van der Waals surface area contributed by atoms with Crippen molar-refractivity contribution in [1.29, 1.82) is 0 Å². The summed E-state index contributed by atoms with van der Waals surface area (Å²) in [4.78, 5) is 21.8. The van der Waals surface area contributed by atoms with E-state index in [4.69, 9.17) is 0 Å². The van der Waals surface area contributed by atoms with Gasteiger partial charge in [0.15, 0.2) is 0 Å². The van der Waals surface area contributed by atoms with Crippen molar-refractivity contribution in [3.63, 3.8) is 0 Å². The maximum absolute atomic E-state index is 12.4. The maximum atomic E-state index is 12.4. The molecule has 2 aromatic rings. The van der Waals surface area contributed by atoms with Crippen LogP contribution in [0.4, 0.5) is 11.4 Å². The topological polar surface area (TPSA) is 48.5 Å². The summed E-state index contributed by atoms with van der Waals surface area (Å²) in [6.07, 6.45) is 0.322. The fraction of sp³-hybridized carbons (Fsp3) is 0.524. The normalized spacial score (nSPS) is 15.4. The van der Waals surface area contributed by atoms with E-state index in [2.05, 4.69) is 59.9 Å². The molecule has 1 N–H and O–H groups in total. The number of hydrogen-bond donors (Lipinski definition) is 1. The van der Waals surface area contributed by atoms with Crippen LogP contribution < -0.4 is 10.2 Å². The van der Waals surface area contributed by atoms with Gasteiger partial charge in [-0.25, -0.2) is 4.98 Å². The van der Waals surface area contributed by atoms with Crippen LogP contribution in [0.5, 0.6) is 0 Å². The zero-order valence-electron chi connectivity index (χ0n) is 16.8.